The van der Waals surface area contributed by atoms with Crippen molar-refractivity contribution in [2.45, 2.75) is 13.8 Å². The molecule has 17 heavy (non-hydrogen) atoms. The van der Waals surface area contributed by atoms with Crippen molar-refractivity contribution in [2.75, 3.05) is 0 Å². The average Bonchev–Trinajstić information content (AvgIpc) is 2.57. The Kier molecular flexibility index (Phi) is 3.51. The summed E-state index contributed by atoms with van der Waals surface area (Å²) in [6.07, 6.45) is 1.46. The molecular weight excluding hydrogens is 327 g/mol. The van der Waals surface area contributed by atoms with Crippen molar-refractivity contribution >= 4 is 28.8 Å². The molecule has 0 aliphatic heterocycles. The van der Waals surface area contributed by atoms with E-state index < -0.39 is 0 Å². The topological polar surface area (TPSA) is 37.5 Å². The van der Waals surface area contributed by atoms with Crippen LogP contribution in [-0.2, 0) is 0 Å². The molecule has 0 spiro atoms. The highest BCUT2D eigenvalue weighted by atomic mass is 127. The Hall–Kier alpha value is -1.30. The van der Waals surface area contributed by atoms with E-state index in [1.54, 1.807) is 0 Å². The van der Waals surface area contributed by atoms with E-state index in [2.05, 4.69) is 56.6 Å². The van der Waals surface area contributed by atoms with Crippen LogP contribution in [0, 0.1) is 17.4 Å². The highest BCUT2D eigenvalue weighted by Crippen LogP contribution is 2.20. The maximum absolute atomic E-state index is 8.61. The molecule has 0 saturated carbocycles. The molecule has 0 bridgehead atoms. The van der Waals surface area contributed by atoms with Gasteiger partial charge < -0.3 is 9.77 Å². The van der Waals surface area contributed by atoms with E-state index in [4.69, 9.17) is 5.21 Å². The first-order chi connectivity index (χ1) is 8.13. The van der Waals surface area contributed by atoms with Gasteiger partial charge in [-0.05, 0) is 66.8 Å². The second-order valence-electron chi connectivity index (χ2n) is 3.88. The summed E-state index contributed by atoms with van der Waals surface area (Å²) in [6.45, 7) is 4.06. The van der Waals surface area contributed by atoms with Gasteiger partial charge in [0.05, 0.1) is 6.21 Å². The van der Waals surface area contributed by atoms with Gasteiger partial charge in [-0.2, -0.15) is 0 Å². The van der Waals surface area contributed by atoms with Crippen LogP contribution in [0.4, 0.5) is 0 Å². The van der Waals surface area contributed by atoms with Crippen molar-refractivity contribution in [1.82, 2.24) is 4.57 Å². The quantitative estimate of drug-likeness (QED) is 0.386. The van der Waals surface area contributed by atoms with E-state index in [0.29, 0.717) is 0 Å². The third-order valence-electron chi connectivity index (χ3n) is 2.75. The molecule has 1 aromatic carbocycles. The third kappa shape index (κ3) is 2.36. The van der Waals surface area contributed by atoms with E-state index in [0.717, 1.165) is 22.6 Å². The van der Waals surface area contributed by atoms with Crippen LogP contribution in [0.15, 0.2) is 35.5 Å². The number of benzene rings is 1. The van der Waals surface area contributed by atoms with Crippen LogP contribution < -0.4 is 0 Å². The molecule has 0 unspecified atom stereocenters. The van der Waals surface area contributed by atoms with Gasteiger partial charge in [0.1, 0.15) is 0 Å². The second kappa shape index (κ2) is 4.91. The van der Waals surface area contributed by atoms with Crippen molar-refractivity contribution in [2.24, 2.45) is 5.16 Å². The molecule has 0 fully saturated rings. The zero-order valence-electron chi connectivity index (χ0n) is 9.68. The van der Waals surface area contributed by atoms with Crippen LogP contribution in [0.2, 0.25) is 0 Å². The number of oxime groups is 1. The summed E-state index contributed by atoms with van der Waals surface area (Å²) in [5.41, 5.74) is 4.25. The van der Waals surface area contributed by atoms with Gasteiger partial charge in [0.2, 0.25) is 0 Å². The zero-order chi connectivity index (χ0) is 12.4. The van der Waals surface area contributed by atoms with Gasteiger partial charge in [-0.3, -0.25) is 0 Å². The van der Waals surface area contributed by atoms with Crippen molar-refractivity contribution < 1.29 is 5.21 Å². The molecule has 0 atom stereocenters. The molecule has 4 heteroatoms. The number of aromatic nitrogens is 1. The van der Waals surface area contributed by atoms with Gasteiger partial charge >= 0.3 is 0 Å². The zero-order valence-corrected chi connectivity index (χ0v) is 11.8. The molecule has 0 aliphatic rings. The fourth-order valence-corrected chi connectivity index (χ4v) is 2.33. The lowest BCUT2D eigenvalue weighted by Gasteiger charge is -2.09. The molecule has 88 valence electrons. The maximum atomic E-state index is 8.61. The summed E-state index contributed by atoms with van der Waals surface area (Å²) >= 11 is 2.29. The summed E-state index contributed by atoms with van der Waals surface area (Å²) in [5.74, 6) is 0. The van der Waals surface area contributed by atoms with Gasteiger partial charge in [0.15, 0.2) is 0 Å². The number of halogens is 1. The maximum Gasteiger partial charge on any atom is 0.0752 e. The smallest absolute Gasteiger partial charge is 0.0752 e. The van der Waals surface area contributed by atoms with Gasteiger partial charge in [0.25, 0.3) is 0 Å². The summed E-state index contributed by atoms with van der Waals surface area (Å²) in [7, 11) is 0. The molecule has 3 nitrogen and oxygen atoms in total. The molecule has 0 aliphatic carbocycles. The highest BCUT2D eigenvalue weighted by Gasteiger charge is 2.09. The molecule has 2 rings (SSSR count). The summed E-state index contributed by atoms with van der Waals surface area (Å²) in [6, 6.07) is 10.3. The van der Waals surface area contributed by atoms with E-state index >= 15 is 0 Å². The number of hydrogen-bond donors (Lipinski definition) is 1. The van der Waals surface area contributed by atoms with Crippen molar-refractivity contribution in [3.05, 3.63) is 50.9 Å². The first-order valence-corrected chi connectivity index (χ1v) is 6.33. The van der Waals surface area contributed by atoms with Crippen molar-refractivity contribution in [3.8, 4) is 5.69 Å². The number of rotatable bonds is 2. The van der Waals surface area contributed by atoms with Crippen LogP contribution in [0.1, 0.15) is 17.0 Å². The monoisotopic (exact) mass is 340 g/mol. The largest absolute Gasteiger partial charge is 0.411 e. The number of aryl methyl sites for hydroxylation is 1. The minimum Gasteiger partial charge on any atom is -0.411 e. The Labute approximate surface area is 114 Å². The van der Waals surface area contributed by atoms with Gasteiger partial charge in [-0.15, -0.1) is 0 Å². The first kappa shape index (κ1) is 12.2. The molecular formula is C13H13IN2O. The van der Waals surface area contributed by atoms with Crippen LogP contribution in [0.3, 0.4) is 0 Å². The Morgan fingerprint density at radius 2 is 1.88 bits per heavy atom. The Balaban J connectivity index is 2.55. The van der Waals surface area contributed by atoms with Crippen LogP contribution in [0.5, 0.6) is 0 Å². The van der Waals surface area contributed by atoms with Crippen LogP contribution in [0.25, 0.3) is 5.69 Å². The molecule has 1 aromatic heterocycles. The predicted molar refractivity (Wildman–Crippen MR) is 77.3 cm³/mol. The van der Waals surface area contributed by atoms with Gasteiger partial charge in [0, 0.05) is 26.2 Å². The van der Waals surface area contributed by atoms with Crippen molar-refractivity contribution in [3.63, 3.8) is 0 Å². The SMILES string of the molecule is Cc1cc(C=NO)c(C)n1-c1ccc(I)cc1. The Bertz CT molecular complexity index is 556. The van der Waals surface area contributed by atoms with E-state index in [1.165, 1.54) is 9.78 Å². The first-order valence-electron chi connectivity index (χ1n) is 5.26. The van der Waals surface area contributed by atoms with Crippen molar-refractivity contribution in [1.29, 1.82) is 0 Å². The highest BCUT2D eigenvalue weighted by molar-refractivity contribution is 14.1. The molecule has 1 heterocycles. The minimum atomic E-state index is 0.934. The van der Waals surface area contributed by atoms with Gasteiger partial charge in [-0.25, -0.2) is 0 Å². The van der Waals surface area contributed by atoms with Crippen LogP contribution >= 0.6 is 22.6 Å². The lowest BCUT2D eigenvalue weighted by molar-refractivity contribution is 0.322. The Morgan fingerprint density at radius 3 is 2.47 bits per heavy atom. The molecule has 0 amide bonds. The summed E-state index contributed by atoms with van der Waals surface area (Å²) < 4.78 is 3.36. The molecule has 2 aromatic rings. The average molecular weight is 340 g/mol. The predicted octanol–water partition coefficient (Wildman–Crippen LogP) is 3.51. The molecule has 0 saturated heterocycles. The minimum absolute atomic E-state index is 0.934. The standard InChI is InChI=1S/C13H13IN2O/c1-9-7-11(8-15-17)10(2)16(9)13-5-3-12(14)4-6-13/h3-8,17H,1-2H3. The van der Waals surface area contributed by atoms with E-state index in [9.17, 15) is 0 Å². The fraction of sp³-hybridized carbons (Fsp3) is 0.154. The third-order valence-corrected chi connectivity index (χ3v) is 3.47. The van der Waals surface area contributed by atoms with E-state index in [1.807, 2.05) is 19.9 Å². The summed E-state index contributed by atoms with van der Waals surface area (Å²) in [4.78, 5) is 0. The van der Waals surface area contributed by atoms with Crippen LogP contribution in [-0.4, -0.2) is 16.0 Å². The second-order valence-corrected chi connectivity index (χ2v) is 5.13. The lowest BCUT2D eigenvalue weighted by Crippen LogP contribution is -1.99. The lowest BCUT2D eigenvalue weighted by atomic mass is 10.2. The fourth-order valence-electron chi connectivity index (χ4n) is 1.97. The number of hydrogen-bond acceptors (Lipinski definition) is 2. The normalized spacial score (nSPS) is 11.2. The van der Waals surface area contributed by atoms with E-state index in [-0.39, 0.29) is 0 Å². The Morgan fingerprint density at radius 1 is 1.24 bits per heavy atom. The number of nitrogens with zero attached hydrogens (tertiary/aromatic N) is 2. The molecule has 0 radical (unpaired) electrons. The van der Waals surface area contributed by atoms with Gasteiger partial charge in [-0.1, -0.05) is 5.16 Å². The molecule has 1 N–H and O–H groups in total. The summed E-state index contributed by atoms with van der Waals surface area (Å²) in [5, 5.41) is 11.7.